The Morgan fingerprint density at radius 2 is 1.90 bits per heavy atom. The molecule has 2 atom stereocenters. The van der Waals surface area contributed by atoms with E-state index in [1.54, 1.807) is 0 Å². The zero-order valence-corrected chi connectivity index (χ0v) is 5.36. The highest BCUT2D eigenvalue weighted by molar-refractivity contribution is 4.87. The third-order valence-corrected chi connectivity index (χ3v) is 1.61. The lowest BCUT2D eigenvalue weighted by molar-refractivity contribution is -0.332. The summed E-state index contributed by atoms with van der Waals surface area (Å²) in [6, 6.07) is -1.05. The van der Waals surface area contributed by atoms with Gasteiger partial charge in [-0.15, -0.1) is 0 Å². The molecule has 0 aliphatic carbocycles. The van der Waals surface area contributed by atoms with Crippen LogP contribution < -0.4 is 5.32 Å². The third kappa shape index (κ3) is 1.44. The summed E-state index contributed by atoms with van der Waals surface area (Å²) in [6.07, 6.45) is -0.464. The van der Waals surface area contributed by atoms with Gasteiger partial charge in [-0.2, -0.15) is 0 Å². The van der Waals surface area contributed by atoms with Crippen LogP contribution in [0.1, 0.15) is 6.42 Å². The van der Waals surface area contributed by atoms with Crippen LogP contribution in [0.25, 0.3) is 0 Å². The van der Waals surface area contributed by atoms with Gasteiger partial charge in [0.15, 0.2) is 0 Å². The first kappa shape index (κ1) is 7.90. The number of rotatable bonds is 1. The molecule has 1 unspecified atom stereocenters. The molecule has 1 aliphatic heterocycles. The summed E-state index contributed by atoms with van der Waals surface area (Å²) in [7, 11) is 0. The second-order valence-corrected chi connectivity index (χ2v) is 2.48. The van der Waals surface area contributed by atoms with Crippen molar-refractivity contribution in [2.75, 3.05) is 6.54 Å². The van der Waals surface area contributed by atoms with Gasteiger partial charge in [0.25, 0.3) is 5.97 Å². The summed E-state index contributed by atoms with van der Waals surface area (Å²) >= 11 is 0. The summed E-state index contributed by atoms with van der Waals surface area (Å²) in [4.78, 5) is 0. The van der Waals surface area contributed by atoms with Crippen molar-refractivity contribution in [2.45, 2.75) is 24.5 Å². The quantitative estimate of drug-likeness (QED) is 0.262. The Hall–Kier alpha value is -0.200. The van der Waals surface area contributed by atoms with Gasteiger partial charge in [-0.1, -0.05) is 0 Å². The van der Waals surface area contributed by atoms with E-state index >= 15 is 0 Å². The fourth-order valence-electron chi connectivity index (χ4n) is 1.08. The maximum atomic E-state index is 8.98. The molecule has 5 N–H and O–H groups in total. The summed E-state index contributed by atoms with van der Waals surface area (Å²) < 4.78 is 0. The van der Waals surface area contributed by atoms with Gasteiger partial charge in [-0.3, -0.25) is 0 Å². The molecule has 0 aromatic heterocycles. The summed E-state index contributed by atoms with van der Waals surface area (Å²) in [5, 5.41) is 37.3. The molecule has 1 saturated heterocycles. The van der Waals surface area contributed by atoms with Crippen LogP contribution >= 0.6 is 0 Å². The van der Waals surface area contributed by atoms with E-state index in [0.29, 0.717) is 13.0 Å². The van der Waals surface area contributed by atoms with Gasteiger partial charge in [-0.25, -0.2) is 0 Å². The first-order valence-corrected chi connectivity index (χ1v) is 3.10. The molecule has 0 amide bonds. The average Bonchev–Trinajstić information content (AvgIpc) is 2.11. The molecule has 10 heavy (non-hydrogen) atoms. The van der Waals surface area contributed by atoms with Crippen LogP contribution in [-0.4, -0.2) is 45.1 Å². The highest BCUT2D eigenvalue weighted by Gasteiger charge is 2.40. The van der Waals surface area contributed by atoms with Crippen molar-refractivity contribution in [1.82, 2.24) is 5.32 Å². The Morgan fingerprint density at radius 3 is 2.10 bits per heavy atom. The minimum absolute atomic E-state index is 0.425. The topological polar surface area (TPSA) is 93.0 Å². The molecule has 1 fully saturated rings. The average molecular weight is 149 g/mol. The molecule has 60 valence electrons. The van der Waals surface area contributed by atoms with Crippen molar-refractivity contribution in [1.29, 1.82) is 0 Å². The molecule has 0 aromatic rings. The minimum atomic E-state index is -2.81. The van der Waals surface area contributed by atoms with E-state index in [0.717, 1.165) is 0 Å². The lowest BCUT2D eigenvalue weighted by atomic mass is 10.1. The van der Waals surface area contributed by atoms with Crippen molar-refractivity contribution in [2.24, 2.45) is 0 Å². The smallest absolute Gasteiger partial charge is 0.294 e. The molecule has 5 heteroatoms. The Morgan fingerprint density at radius 1 is 1.30 bits per heavy atom. The fourth-order valence-corrected chi connectivity index (χ4v) is 1.08. The molecule has 1 aliphatic rings. The zero-order chi connectivity index (χ0) is 7.78. The molecular formula is C5H11NO4. The van der Waals surface area contributed by atoms with Gasteiger partial charge in [0.2, 0.25) is 0 Å². The van der Waals surface area contributed by atoms with Crippen LogP contribution in [0.2, 0.25) is 0 Å². The van der Waals surface area contributed by atoms with Crippen LogP contribution in [0.4, 0.5) is 0 Å². The first-order valence-electron chi connectivity index (χ1n) is 3.10. The predicted molar refractivity (Wildman–Crippen MR) is 31.8 cm³/mol. The van der Waals surface area contributed by atoms with Gasteiger partial charge in [-0.05, 0) is 13.0 Å². The van der Waals surface area contributed by atoms with Crippen molar-refractivity contribution >= 4 is 0 Å². The normalized spacial score (nSPS) is 34.8. The molecule has 5 nitrogen and oxygen atoms in total. The Bertz CT molecular complexity index is 121. The summed E-state index contributed by atoms with van der Waals surface area (Å²) in [6.45, 7) is 0.481. The maximum absolute atomic E-state index is 8.98. The number of aliphatic hydroxyl groups is 4. The van der Waals surface area contributed by atoms with Gasteiger partial charge in [0.05, 0.1) is 6.10 Å². The van der Waals surface area contributed by atoms with E-state index in [1.165, 1.54) is 0 Å². The summed E-state index contributed by atoms with van der Waals surface area (Å²) in [5.41, 5.74) is 0. The highest BCUT2D eigenvalue weighted by atomic mass is 16.7. The van der Waals surface area contributed by atoms with Crippen LogP contribution in [0, 0.1) is 0 Å². The summed E-state index contributed by atoms with van der Waals surface area (Å²) in [5.74, 6) is -2.81. The Balaban J connectivity index is 2.55. The van der Waals surface area contributed by atoms with Crippen LogP contribution in [0.3, 0.4) is 0 Å². The van der Waals surface area contributed by atoms with Gasteiger partial charge >= 0.3 is 0 Å². The van der Waals surface area contributed by atoms with Crippen LogP contribution in [0.15, 0.2) is 0 Å². The van der Waals surface area contributed by atoms with E-state index in [-0.39, 0.29) is 0 Å². The van der Waals surface area contributed by atoms with Gasteiger partial charge in [0, 0.05) is 0 Å². The fraction of sp³-hybridized carbons (Fsp3) is 1.00. The highest BCUT2D eigenvalue weighted by Crippen LogP contribution is 2.14. The lowest BCUT2D eigenvalue weighted by Crippen LogP contribution is -2.52. The molecule has 0 bridgehead atoms. The molecule has 0 saturated carbocycles. The van der Waals surface area contributed by atoms with Crippen molar-refractivity contribution < 1.29 is 20.4 Å². The number of nitrogens with one attached hydrogen (secondary N) is 1. The molecule has 1 heterocycles. The molecular weight excluding hydrogens is 138 g/mol. The first-order chi connectivity index (χ1) is 4.52. The zero-order valence-electron chi connectivity index (χ0n) is 5.36. The van der Waals surface area contributed by atoms with E-state index in [4.69, 9.17) is 20.4 Å². The molecule has 0 aromatic carbocycles. The monoisotopic (exact) mass is 149 g/mol. The van der Waals surface area contributed by atoms with Crippen LogP contribution in [0.5, 0.6) is 0 Å². The van der Waals surface area contributed by atoms with Crippen LogP contribution in [-0.2, 0) is 0 Å². The van der Waals surface area contributed by atoms with Crippen molar-refractivity contribution in [3.63, 3.8) is 0 Å². The predicted octanol–water partition coefficient (Wildman–Crippen LogP) is -2.66. The Labute approximate surface area is 57.9 Å². The molecule has 0 radical (unpaired) electrons. The van der Waals surface area contributed by atoms with E-state index < -0.39 is 18.1 Å². The lowest BCUT2D eigenvalue weighted by Gasteiger charge is -2.24. The van der Waals surface area contributed by atoms with Gasteiger partial charge in [0.1, 0.15) is 6.04 Å². The number of aliphatic hydroxyl groups excluding tert-OH is 1. The van der Waals surface area contributed by atoms with Crippen molar-refractivity contribution in [3.8, 4) is 0 Å². The SMILES string of the molecule is OC1CCN[C@@H]1C(O)(O)O. The second kappa shape index (κ2) is 2.44. The molecule has 0 spiro atoms. The molecule has 1 rings (SSSR count). The number of hydrogen-bond acceptors (Lipinski definition) is 5. The number of hydrogen-bond donors (Lipinski definition) is 5. The maximum Gasteiger partial charge on any atom is 0.294 e. The van der Waals surface area contributed by atoms with E-state index in [9.17, 15) is 0 Å². The largest absolute Gasteiger partial charge is 0.391 e. The Kier molecular flexibility index (Phi) is 1.93. The van der Waals surface area contributed by atoms with E-state index in [1.807, 2.05) is 0 Å². The van der Waals surface area contributed by atoms with Gasteiger partial charge < -0.3 is 25.7 Å². The third-order valence-electron chi connectivity index (χ3n) is 1.61. The second-order valence-electron chi connectivity index (χ2n) is 2.48. The minimum Gasteiger partial charge on any atom is -0.391 e. The van der Waals surface area contributed by atoms with Crippen molar-refractivity contribution in [3.05, 3.63) is 0 Å². The standard InChI is InChI=1S/C5H11NO4/c7-3-1-2-6-4(3)5(8,9)10/h3-4,6-10H,1-2H2/t3?,4-/m0/s1. The van der Waals surface area contributed by atoms with E-state index in [2.05, 4.69) is 5.32 Å².